The van der Waals surface area contributed by atoms with Gasteiger partial charge in [0.2, 0.25) is 0 Å². The van der Waals surface area contributed by atoms with Gasteiger partial charge >= 0.3 is 0 Å². The lowest BCUT2D eigenvalue weighted by atomic mass is 9.49. The maximum atomic E-state index is 13.3. The van der Waals surface area contributed by atoms with Gasteiger partial charge in [0, 0.05) is 25.8 Å². The first-order valence-electron chi connectivity index (χ1n) is 12.5. The summed E-state index contributed by atoms with van der Waals surface area (Å²) in [7, 11) is 0. The second-order valence-electron chi connectivity index (χ2n) is 11.0. The summed E-state index contributed by atoms with van der Waals surface area (Å²) < 4.78 is 3.60. The number of pyridine rings is 1. The molecule has 34 heavy (non-hydrogen) atoms. The summed E-state index contributed by atoms with van der Waals surface area (Å²) >= 11 is 0. The maximum Gasteiger partial charge on any atom is 0.274 e. The highest BCUT2D eigenvalue weighted by atomic mass is 16.2. The third-order valence-corrected chi connectivity index (χ3v) is 8.68. The van der Waals surface area contributed by atoms with E-state index in [-0.39, 0.29) is 17.2 Å². The first-order valence-corrected chi connectivity index (χ1v) is 12.5. The van der Waals surface area contributed by atoms with E-state index in [2.05, 4.69) is 20.6 Å². The number of carbonyl (C=O) groups excluding carboxylic acids is 2. The summed E-state index contributed by atoms with van der Waals surface area (Å²) in [5.74, 6) is 3.12. The Morgan fingerprint density at radius 1 is 1.09 bits per heavy atom. The molecule has 2 amide bonds. The van der Waals surface area contributed by atoms with E-state index in [0.717, 1.165) is 30.1 Å². The molecule has 1 N–H and O–H groups in total. The molecule has 0 unspecified atom stereocenters. The lowest BCUT2D eigenvalue weighted by molar-refractivity contribution is -0.0503. The van der Waals surface area contributed by atoms with Crippen LogP contribution in [0.25, 0.3) is 5.52 Å². The molecular formula is C25H29N7O2. The number of rotatable bonds is 4. The molecule has 0 aromatic carbocycles. The molecule has 0 spiro atoms. The molecule has 8 rings (SSSR count). The van der Waals surface area contributed by atoms with Gasteiger partial charge in [0.05, 0.1) is 17.6 Å². The summed E-state index contributed by atoms with van der Waals surface area (Å²) in [5, 5.41) is 15.8. The molecule has 3 aromatic heterocycles. The molecule has 3 aromatic rings. The fourth-order valence-corrected chi connectivity index (χ4v) is 7.58. The predicted molar refractivity (Wildman–Crippen MR) is 123 cm³/mol. The normalized spacial score (nSPS) is 29.4. The van der Waals surface area contributed by atoms with Crippen molar-refractivity contribution in [2.75, 3.05) is 13.1 Å². The van der Waals surface area contributed by atoms with Crippen LogP contribution < -0.4 is 5.32 Å². The molecule has 4 bridgehead atoms. The number of amides is 2. The highest BCUT2D eigenvalue weighted by Crippen LogP contribution is 2.59. The molecule has 0 saturated heterocycles. The van der Waals surface area contributed by atoms with Crippen LogP contribution >= 0.6 is 0 Å². The molecule has 9 heteroatoms. The average molecular weight is 460 g/mol. The first kappa shape index (κ1) is 20.2. The maximum absolute atomic E-state index is 13.3. The summed E-state index contributed by atoms with van der Waals surface area (Å²) in [6.07, 6.45) is 11.5. The van der Waals surface area contributed by atoms with Crippen molar-refractivity contribution in [2.24, 2.45) is 23.2 Å². The van der Waals surface area contributed by atoms with E-state index in [0.29, 0.717) is 36.4 Å². The zero-order chi connectivity index (χ0) is 22.9. The minimum Gasteiger partial charge on any atom is -0.351 e. The Bertz CT molecular complexity index is 1260. The van der Waals surface area contributed by atoms with E-state index in [1.165, 1.54) is 38.5 Å². The van der Waals surface area contributed by atoms with E-state index >= 15 is 0 Å². The van der Waals surface area contributed by atoms with Crippen molar-refractivity contribution in [3.8, 4) is 0 Å². The largest absolute Gasteiger partial charge is 0.351 e. The van der Waals surface area contributed by atoms with Gasteiger partial charge in [-0.1, -0.05) is 0 Å². The number of nitrogens with zero attached hydrogens (tertiary/aromatic N) is 6. The minimum atomic E-state index is -0.155. The molecule has 9 nitrogen and oxygen atoms in total. The molecule has 176 valence electrons. The monoisotopic (exact) mass is 459 g/mol. The van der Waals surface area contributed by atoms with E-state index in [4.69, 9.17) is 0 Å². The van der Waals surface area contributed by atoms with Gasteiger partial charge in [0.1, 0.15) is 6.33 Å². The number of aromatic nitrogens is 5. The van der Waals surface area contributed by atoms with Gasteiger partial charge in [0.15, 0.2) is 11.5 Å². The third-order valence-electron chi connectivity index (χ3n) is 8.68. The molecule has 0 radical (unpaired) electrons. The number of hydrogen-bond donors (Lipinski definition) is 1. The molecule has 4 fully saturated rings. The van der Waals surface area contributed by atoms with Crippen LogP contribution in [0.3, 0.4) is 0 Å². The Morgan fingerprint density at radius 3 is 2.62 bits per heavy atom. The van der Waals surface area contributed by atoms with Crippen LogP contribution in [0.5, 0.6) is 0 Å². The summed E-state index contributed by atoms with van der Waals surface area (Å²) in [6.45, 7) is 2.41. The Labute approximate surface area is 197 Å². The second-order valence-corrected chi connectivity index (χ2v) is 11.0. The quantitative estimate of drug-likeness (QED) is 0.647. The van der Waals surface area contributed by atoms with Crippen LogP contribution in [0.15, 0.2) is 30.7 Å². The van der Waals surface area contributed by atoms with Gasteiger partial charge in [-0.3, -0.25) is 9.59 Å². The Morgan fingerprint density at radius 2 is 1.85 bits per heavy atom. The smallest absolute Gasteiger partial charge is 0.274 e. The van der Waals surface area contributed by atoms with Gasteiger partial charge in [-0.15, -0.1) is 10.2 Å². The van der Waals surface area contributed by atoms with Crippen LogP contribution in [-0.2, 0) is 13.1 Å². The number of nitrogens with one attached hydrogen (secondary N) is 1. The Balaban J connectivity index is 1.10. The summed E-state index contributed by atoms with van der Waals surface area (Å²) in [6, 6.07) is 5.38. The van der Waals surface area contributed by atoms with E-state index in [9.17, 15) is 9.59 Å². The van der Waals surface area contributed by atoms with Crippen molar-refractivity contribution in [1.29, 1.82) is 0 Å². The zero-order valence-electron chi connectivity index (χ0n) is 19.2. The number of fused-ring (bicyclic) bond motifs is 2. The van der Waals surface area contributed by atoms with Crippen molar-refractivity contribution in [2.45, 2.75) is 51.6 Å². The average Bonchev–Trinajstić information content (AvgIpc) is 3.47. The molecule has 4 heterocycles. The summed E-state index contributed by atoms with van der Waals surface area (Å²) in [5.41, 5.74) is 1.85. The molecule has 0 atom stereocenters. The zero-order valence-corrected chi connectivity index (χ0v) is 19.2. The first-order chi connectivity index (χ1) is 16.6. The standard InChI is InChI=1S/C25H29N7O2/c33-23(26-14-25-10-16-6-17(11-25)8-18(7-16)12-25)19-2-1-3-32-21(19)9-20(29-32)24(34)30-4-5-31-15-27-28-22(31)13-30/h1-3,9,15-18H,4-8,10-14H2,(H,26,33). The van der Waals surface area contributed by atoms with Crippen LogP contribution in [0.2, 0.25) is 0 Å². The van der Waals surface area contributed by atoms with Gasteiger partial charge in [-0.25, -0.2) is 4.52 Å². The van der Waals surface area contributed by atoms with Crippen LogP contribution in [-0.4, -0.2) is 54.2 Å². The third kappa shape index (κ3) is 3.24. The SMILES string of the molecule is O=C(NCC12CC3CC(CC(C3)C1)C2)c1cccn2nc(C(=O)N3CCn4cnnc4C3)cc12. The van der Waals surface area contributed by atoms with Crippen molar-refractivity contribution in [3.63, 3.8) is 0 Å². The topological polar surface area (TPSA) is 97.4 Å². The van der Waals surface area contributed by atoms with Gasteiger partial charge < -0.3 is 14.8 Å². The molecular weight excluding hydrogens is 430 g/mol. The fraction of sp³-hybridized carbons (Fsp3) is 0.560. The molecule has 5 aliphatic rings. The lowest BCUT2D eigenvalue weighted by Crippen LogP contribution is -2.51. The minimum absolute atomic E-state index is 0.0775. The van der Waals surface area contributed by atoms with Crippen LogP contribution in [0, 0.1) is 23.2 Å². The van der Waals surface area contributed by atoms with Gasteiger partial charge in [0.25, 0.3) is 11.8 Å². The van der Waals surface area contributed by atoms with Crippen molar-refractivity contribution in [3.05, 3.63) is 47.8 Å². The molecule has 4 aliphatic carbocycles. The summed E-state index contributed by atoms with van der Waals surface area (Å²) in [4.78, 5) is 28.2. The predicted octanol–water partition coefficient (Wildman–Crippen LogP) is 2.53. The highest BCUT2D eigenvalue weighted by Gasteiger charge is 2.50. The number of carbonyl (C=O) groups is 2. The molecule has 1 aliphatic heterocycles. The van der Waals surface area contributed by atoms with Crippen molar-refractivity contribution >= 4 is 17.3 Å². The van der Waals surface area contributed by atoms with Gasteiger partial charge in [-0.05, 0) is 79.9 Å². The second kappa shape index (κ2) is 7.38. The fourth-order valence-electron chi connectivity index (χ4n) is 7.58. The van der Waals surface area contributed by atoms with Crippen LogP contribution in [0.4, 0.5) is 0 Å². The Hall–Kier alpha value is -3.23. The molecule has 4 saturated carbocycles. The Kier molecular flexibility index (Phi) is 4.38. The van der Waals surface area contributed by atoms with Crippen molar-refractivity contribution < 1.29 is 9.59 Å². The van der Waals surface area contributed by atoms with Crippen molar-refractivity contribution in [1.82, 2.24) is 34.6 Å². The van der Waals surface area contributed by atoms with Crippen LogP contribution in [0.1, 0.15) is 65.2 Å². The van der Waals surface area contributed by atoms with Gasteiger partial charge in [-0.2, -0.15) is 5.10 Å². The highest BCUT2D eigenvalue weighted by molar-refractivity contribution is 6.02. The number of hydrogen-bond acceptors (Lipinski definition) is 5. The lowest BCUT2D eigenvalue weighted by Gasteiger charge is -2.56. The van der Waals surface area contributed by atoms with E-state index < -0.39 is 0 Å². The van der Waals surface area contributed by atoms with E-state index in [1.54, 1.807) is 28.0 Å². The van der Waals surface area contributed by atoms with E-state index in [1.807, 2.05) is 16.7 Å².